The summed E-state index contributed by atoms with van der Waals surface area (Å²) in [6.07, 6.45) is 1.13. The van der Waals surface area contributed by atoms with Crippen LogP contribution in [0, 0.1) is 5.92 Å². The molecule has 5 N–H and O–H groups in total. The second kappa shape index (κ2) is 6.50. The molecule has 1 aromatic rings. The van der Waals surface area contributed by atoms with Crippen molar-refractivity contribution in [3.05, 3.63) is 18.2 Å². The van der Waals surface area contributed by atoms with E-state index in [0.717, 1.165) is 18.7 Å². The van der Waals surface area contributed by atoms with Gasteiger partial charge in [0.25, 0.3) is 0 Å². The van der Waals surface area contributed by atoms with E-state index in [4.69, 9.17) is 11.5 Å². The van der Waals surface area contributed by atoms with Crippen LogP contribution in [0.25, 0.3) is 0 Å². The van der Waals surface area contributed by atoms with E-state index in [0.29, 0.717) is 23.3 Å². The van der Waals surface area contributed by atoms with E-state index in [1.165, 1.54) is 0 Å². The Morgan fingerprint density at radius 2 is 1.83 bits per heavy atom. The molecule has 0 fully saturated rings. The van der Waals surface area contributed by atoms with Crippen molar-refractivity contribution in [3.63, 3.8) is 0 Å². The summed E-state index contributed by atoms with van der Waals surface area (Å²) in [5, 5.41) is 3.53. The standard InChI is InChI=1S/C14H26N4/c1-10(2)7-12(9-18(3)4)17-11-5-6-13(15)14(16)8-11/h5-6,8,10,12,17H,7,9,15-16H2,1-4H3. The highest BCUT2D eigenvalue weighted by Crippen LogP contribution is 2.21. The van der Waals surface area contributed by atoms with Gasteiger partial charge in [0.05, 0.1) is 11.4 Å². The van der Waals surface area contributed by atoms with Crippen LogP contribution >= 0.6 is 0 Å². The fourth-order valence-electron chi connectivity index (χ4n) is 2.09. The van der Waals surface area contributed by atoms with Crippen molar-refractivity contribution in [2.75, 3.05) is 37.4 Å². The summed E-state index contributed by atoms with van der Waals surface area (Å²) in [6, 6.07) is 6.15. The van der Waals surface area contributed by atoms with Crippen molar-refractivity contribution >= 4 is 17.1 Å². The molecule has 18 heavy (non-hydrogen) atoms. The number of hydrogen-bond donors (Lipinski definition) is 3. The number of likely N-dealkylation sites (N-methyl/N-ethyl adjacent to an activating group) is 1. The van der Waals surface area contributed by atoms with Gasteiger partial charge in [0.2, 0.25) is 0 Å². The number of anilines is 3. The second-order valence-electron chi connectivity index (χ2n) is 5.58. The molecule has 0 bridgehead atoms. The molecule has 0 saturated heterocycles. The summed E-state index contributed by atoms with van der Waals surface area (Å²) >= 11 is 0. The maximum Gasteiger partial charge on any atom is 0.0568 e. The van der Waals surface area contributed by atoms with Crippen molar-refractivity contribution in [2.45, 2.75) is 26.3 Å². The Labute approximate surface area is 110 Å². The molecule has 0 aliphatic carbocycles. The maximum atomic E-state index is 5.82. The lowest BCUT2D eigenvalue weighted by Crippen LogP contribution is -2.33. The van der Waals surface area contributed by atoms with Gasteiger partial charge in [-0.3, -0.25) is 0 Å². The molecule has 1 unspecified atom stereocenters. The Morgan fingerprint density at radius 1 is 1.17 bits per heavy atom. The van der Waals surface area contributed by atoms with Gasteiger partial charge in [0, 0.05) is 18.3 Å². The Hall–Kier alpha value is -1.42. The van der Waals surface area contributed by atoms with Crippen LogP contribution in [0.2, 0.25) is 0 Å². The lowest BCUT2D eigenvalue weighted by molar-refractivity contribution is 0.356. The second-order valence-corrected chi connectivity index (χ2v) is 5.58. The number of nitrogens with zero attached hydrogens (tertiary/aromatic N) is 1. The van der Waals surface area contributed by atoms with E-state index in [2.05, 4.69) is 38.2 Å². The molecule has 0 aliphatic rings. The van der Waals surface area contributed by atoms with Crippen LogP contribution in [0.4, 0.5) is 17.1 Å². The largest absolute Gasteiger partial charge is 0.397 e. The Morgan fingerprint density at radius 3 is 2.33 bits per heavy atom. The summed E-state index contributed by atoms with van der Waals surface area (Å²) in [5.41, 5.74) is 13.8. The summed E-state index contributed by atoms with van der Waals surface area (Å²) < 4.78 is 0. The number of rotatable bonds is 6. The molecule has 0 aliphatic heterocycles. The molecule has 0 spiro atoms. The minimum absolute atomic E-state index is 0.419. The van der Waals surface area contributed by atoms with E-state index in [9.17, 15) is 0 Å². The fourth-order valence-corrected chi connectivity index (χ4v) is 2.09. The van der Waals surface area contributed by atoms with Crippen LogP contribution in [-0.2, 0) is 0 Å². The SMILES string of the molecule is CC(C)CC(CN(C)C)Nc1ccc(N)c(N)c1. The average molecular weight is 250 g/mol. The highest BCUT2D eigenvalue weighted by atomic mass is 15.1. The first-order valence-electron chi connectivity index (χ1n) is 6.44. The summed E-state index contributed by atoms with van der Waals surface area (Å²) in [7, 11) is 4.18. The van der Waals surface area contributed by atoms with Crippen molar-refractivity contribution in [1.29, 1.82) is 0 Å². The van der Waals surface area contributed by atoms with Crippen LogP contribution in [0.5, 0.6) is 0 Å². The molecule has 102 valence electrons. The molecule has 0 amide bonds. The number of nitrogens with two attached hydrogens (primary N) is 2. The highest BCUT2D eigenvalue weighted by Gasteiger charge is 2.12. The predicted octanol–water partition coefficient (Wildman–Crippen LogP) is 2.24. The van der Waals surface area contributed by atoms with Crippen LogP contribution < -0.4 is 16.8 Å². The molecular weight excluding hydrogens is 224 g/mol. The van der Waals surface area contributed by atoms with E-state index in [1.807, 2.05) is 18.2 Å². The lowest BCUT2D eigenvalue weighted by Gasteiger charge is -2.25. The first-order valence-corrected chi connectivity index (χ1v) is 6.44. The smallest absolute Gasteiger partial charge is 0.0568 e. The number of nitrogen functional groups attached to an aromatic ring is 2. The van der Waals surface area contributed by atoms with Crippen molar-refractivity contribution in [1.82, 2.24) is 4.90 Å². The first-order chi connectivity index (χ1) is 8.38. The van der Waals surface area contributed by atoms with Gasteiger partial charge >= 0.3 is 0 Å². The average Bonchev–Trinajstić information content (AvgIpc) is 2.21. The van der Waals surface area contributed by atoms with Gasteiger partial charge in [-0.15, -0.1) is 0 Å². The number of hydrogen-bond acceptors (Lipinski definition) is 4. The quantitative estimate of drug-likeness (QED) is 0.677. The van der Waals surface area contributed by atoms with Crippen LogP contribution in [-0.4, -0.2) is 31.6 Å². The van der Waals surface area contributed by atoms with Crippen LogP contribution in [0.15, 0.2) is 18.2 Å². The zero-order valence-electron chi connectivity index (χ0n) is 11.9. The van der Waals surface area contributed by atoms with Gasteiger partial charge in [0.1, 0.15) is 0 Å². The third-order valence-electron chi connectivity index (χ3n) is 2.80. The van der Waals surface area contributed by atoms with Gasteiger partial charge in [-0.1, -0.05) is 13.8 Å². The maximum absolute atomic E-state index is 5.82. The molecule has 1 aromatic carbocycles. The molecular formula is C14H26N4. The van der Waals surface area contributed by atoms with Crippen molar-refractivity contribution in [3.8, 4) is 0 Å². The predicted molar refractivity (Wildman–Crippen MR) is 80.7 cm³/mol. The van der Waals surface area contributed by atoms with Gasteiger partial charge in [-0.05, 0) is 44.6 Å². The van der Waals surface area contributed by atoms with E-state index >= 15 is 0 Å². The Balaban J connectivity index is 2.71. The zero-order chi connectivity index (χ0) is 13.7. The van der Waals surface area contributed by atoms with Crippen molar-refractivity contribution in [2.24, 2.45) is 5.92 Å². The molecule has 4 nitrogen and oxygen atoms in total. The summed E-state index contributed by atoms with van der Waals surface area (Å²) in [4.78, 5) is 2.20. The topological polar surface area (TPSA) is 67.3 Å². The third-order valence-corrected chi connectivity index (χ3v) is 2.80. The Bertz CT molecular complexity index is 364. The Kier molecular flexibility index (Phi) is 5.28. The number of nitrogens with one attached hydrogen (secondary N) is 1. The summed E-state index contributed by atoms with van der Waals surface area (Å²) in [6.45, 7) is 5.48. The minimum atomic E-state index is 0.419. The molecule has 0 radical (unpaired) electrons. The molecule has 1 rings (SSSR count). The minimum Gasteiger partial charge on any atom is -0.397 e. The lowest BCUT2D eigenvalue weighted by atomic mass is 10.0. The molecule has 4 heteroatoms. The molecule has 0 heterocycles. The van der Waals surface area contributed by atoms with E-state index in [-0.39, 0.29) is 0 Å². The molecule has 1 atom stereocenters. The van der Waals surface area contributed by atoms with Crippen molar-refractivity contribution < 1.29 is 0 Å². The third kappa shape index (κ3) is 4.84. The highest BCUT2D eigenvalue weighted by molar-refractivity contribution is 5.69. The zero-order valence-corrected chi connectivity index (χ0v) is 11.9. The molecule has 0 aromatic heterocycles. The normalized spacial score (nSPS) is 13.0. The summed E-state index contributed by atoms with van der Waals surface area (Å²) in [5.74, 6) is 0.661. The van der Waals surface area contributed by atoms with Gasteiger partial charge < -0.3 is 21.7 Å². The van der Waals surface area contributed by atoms with Crippen LogP contribution in [0.3, 0.4) is 0 Å². The first kappa shape index (κ1) is 14.6. The number of benzene rings is 1. The van der Waals surface area contributed by atoms with E-state index < -0.39 is 0 Å². The van der Waals surface area contributed by atoms with E-state index in [1.54, 1.807) is 0 Å². The van der Waals surface area contributed by atoms with Gasteiger partial charge in [-0.2, -0.15) is 0 Å². The monoisotopic (exact) mass is 250 g/mol. The molecule has 0 saturated carbocycles. The van der Waals surface area contributed by atoms with Gasteiger partial charge in [-0.25, -0.2) is 0 Å². The fraction of sp³-hybridized carbons (Fsp3) is 0.571. The van der Waals surface area contributed by atoms with Gasteiger partial charge in [0.15, 0.2) is 0 Å². The van der Waals surface area contributed by atoms with Crippen LogP contribution in [0.1, 0.15) is 20.3 Å².